The van der Waals surface area contributed by atoms with Crippen LogP contribution in [0.1, 0.15) is 16.1 Å². The molecule has 0 spiro atoms. The number of aromatic amines is 1. The van der Waals surface area contributed by atoms with Gasteiger partial charge < -0.3 is 10.7 Å². The minimum atomic E-state index is -0.549. The van der Waals surface area contributed by atoms with Crippen LogP contribution in [-0.4, -0.2) is 10.9 Å². The lowest BCUT2D eigenvalue weighted by atomic mass is 10.1. The van der Waals surface area contributed by atoms with E-state index in [0.717, 1.165) is 0 Å². The molecule has 2 aromatic rings. The zero-order valence-electron chi connectivity index (χ0n) is 9.05. The van der Waals surface area contributed by atoms with Crippen LogP contribution in [-0.2, 0) is 0 Å². The maximum atomic E-state index is 13.6. The minimum absolute atomic E-state index is 0.313. The lowest BCUT2D eigenvalue weighted by Crippen LogP contribution is -2.10. The Labute approximate surface area is 102 Å². The number of aromatic nitrogens is 1. The summed E-state index contributed by atoms with van der Waals surface area (Å²) in [7, 11) is 0. The lowest BCUT2D eigenvalue weighted by Gasteiger charge is -2.00. The highest BCUT2D eigenvalue weighted by Crippen LogP contribution is 2.26. The van der Waals surface area contributed by atoms with E-state index in [4.69, 9.17) is 17.3 Å². The number of amides is 1. The molecule has 0 aliphatic rings. The van der Waals surface area contributed by atoms with E-state index in [2.05, 4.69) is 4.98 Å². The molecule has 1 amide bonds. The molecular weight excluding hydrogens is 243 g/mol. The number of hydrogen-bond acceptors (Lipinski definition) is 1. The maximum Gasteiger partial charge on any atom is 0.250 e. The Hall–Kier alpha value is -1.81. The van der Waals surface area contributed by atoms with Crippen LogP contribution in [0.4, 0.5) is 4.39 Å². The molecule has 0 bridgehead atoms. The number of aryl methyl sites for hydroxylation is 1. The molecule has 0 atom stereocenters. The molecule has 0 fully saturated rings. The van der Waals surface area contributed by atoms with Gasteiger partial charge in [0, 0.05) is 22.0 Å². The van der Waals surface area contributed by atoms with Crippen LogP contribution in [0.15, 0.2) is 24.3 Å². The average molecular weight is 253 g/mol. The van der Waals surface area contributed by atoms with Gasteiger partial charge in [-0.1, -0.05) is 11.6 Å². The SMILES string of the molecule is Cc1[nH]c(-c2cc(Cl)ccc2F)cc1C(N)=O. The van der Waals surface area contributed by atoms with Crippen molar-refractivity contribution in [3.05, 3.63) is 46.4 Å². The summed E-state index contributed by atoms with van der Waals surface area (Å²) in [6.45, 7) is 1.70. The number of nitrogens with one attached hydrogen (secondary N) is 1. The van der Waals surface area contributed by atoms with Gasteiger partial charge >= 0.3 is 0 Å². The molecule has 0 radical (unpaired) electrons. The molecule has 3 nitrogen and oxygen atoms in total. The van der Waals surface area contributed by atoms with Crippen LogP contribution in [0.25, 0.3) is 11.3 Å². The van der Waals surface area contributed by atoms with E-state index in [-0.39, 0.29) is 0 Å². The summed E-state index contributed by atoms with van der Waals surface area (Å²) < 4.78 is 13.6. The van der Waals surface area contributed by atoms with Crippen LogP contribution in [0, 0.1) is 12.7 Å². The molecule has 1 aromatic carbocycles. The number of carbonyl (C=O) groups excluding carboxylic acids is 1. The zero-order chi connectivity index (χ0) is 12.6. The Bertz CT molecular complexity index is 592. The Kier molecular flexibility index (Phi) is 2.90. The molecule has 0 saturated carbocycles. The van der Waals surface area contributed by atoms with Gasteiger partial charge in [-0.25, -0.2) is 4.39 Å². The van der Waals surface area contributed by atoms with Crippen molar-refractivity contribution in [2.24, 2.45) is 5.73 Å². The molecular formula is C12H10ClFN2O. The highest BCUT2D eigenvalue weighted by molar-refractivity contribution is 6.30. The van der Waals surface area contributed by atoms with E-state index in [1.165, 1.54) is 24.3 Å². The lowest BCUT2D eigenvalue weighted by molar-refractivity contribution is 0.1000. The van der Waals surface area contributed by atoms with Crippen LogP contribution < -0.4 is 5.73 Å². The Morgan fingerprint density at radius 3 is 2.71 bits per heavy atom. The summed E-state index contributed by atoms with van der Waals surface area (Å²) in [5.41, 5.74) is 6.94. The van der Waals surface area contributed by atoms with Gasteiger partial charge in [0.15, 0.2) is 0 Å². The van der Waals surface area contributed by atoms with Crippen molar-refractivity contribution in [1.29, 1.82) is 0 Å². The van der Waals surface area contributed by atoms with Crippen molar-refractivity contribution in [3.63, 3.8) is 0 Å². The first-order valence-corrected chi connectivity index (χ1v) is 5.31. The monoisotopic (exact) mass is 252 g/mol. The van der Waals surface area contributed by atoms with E-state index in [0.29, 0.717) is 27.5 Å². The molecule has 0 unspecified atom stereocenters. The fourth-order valence-electron chi connectivity index (χ4n) is 1.66. The minimum Gasteiger partial charge on any atom is -0.366 e. The van der Waals surface area contributed by atoms with Gasteiger partial charge in [0.2, 0.25) is 0 Å². The van der Waals surface area contributed by atoms with Gasteiger partial charge in [-0.3, -0.25) is 4.79 Å². The van der Waals surface area contributed by atoms with E-state index in [1.54, 1.807) is 6.92 Å². The number of carbonyl (C=O) groups is 1. The van der Waals surface area contributed by atoms with E-state index < -0.39 is 11.7 Å². The fraction of sp³-hybridized carbons (Fsp3) is 0.0833. The largest absolute Gasteiger partial charge is 0.366 e. The molecule has 5 heteroatoms. The summed E-state index contributed by atoms with van der Waals surface area (Å²) in [6, 6.07) is 5.75. The highest BCUT2D eigenvalue weighted by atomic mass is 35.5. The summed E-state index contributed by atoms with van der Waals surface area (Å²) in [6.07, 6.45) is 0. The Balaban J connectivity index is 2.57. The predicted molar refractivity (Wildman–Crippen MR) is 64.5 cm³/mol. The van der Waals surface area contributed by atoms with Crippen molar-refractivity contribution >= 4 is 17.5 Å². The molecule has 0 aliphatic heterocycles. The first-order valence-electron chi connectivity index (χ1n) is 4.94. The molecule has 1 heterocycles. The van der Waals surface area contributed by atoms with Crippen molar-refractivity contribution in [1.82, 2.24) is 4.98 Å². The number of primary amides is 1. The number of hydrogen-bond donors (Lipinski definition) is 2. The van der Waals surface area contributed by atoms with Crippen molar-refractivity contribution in [2.45, 2.75) is 6.92 Å². The number of rotatable bonds is 2. The maximum absolute atomic E-state index is 13.6. The molecule has 0 saturated heterocycles. The van der Waals surface area contributed by atoms with E-state index >= 15 is 0 Å². The number of H-pyrrole nitrogens is 1. The van der Waals surface area contributed by atoms with Gasteiger partial charge in [-0.05, 0) is 31.2 Å². The van der Waals surface area contributed by atoms with Gasteiger partial charge in [0.25, 0.3) is 5.91 Å². The van der Waals surface area contributed by atoms with Gasteiger partial charge in [-0.15, -0.1) is 0 Å². The summed E-state index contributed by atoms with van der Waals surface area (Å²) >= 11 is 5.80. The number of benzene rings is 1. The first kappa shape index (κ1) is 11.7. The molecule has 2 rings (SSSR count). The molecule has 17 heavy (non-hydrogen) atoms. The highest BCUT2D eigenvalue weighted by Gasteiger charge is 2.13. The van der Waals surface area contributed by atoms with Gasteiger partial charge in [0.05, 0.1) is 5.56 Å². The fourth-order valence-corrected chi connectivity index (χ4v) is 1.84. The second-order valence-electron chi connectivity index (χ2n) is 3.71. The summed E-state index contributed by atoms with van der Waals surface area (Å²) in [5, 5.41) is 0.425. The first-order chi connectivity index (χ1) is 7.99. The normalized spacial score (nSPS) is 10.5. The topological polar surface area (TPSA) is 58.9 Å². The van der Waals surface area contributed by atoms with Crippen LogP contribution in [0.3, 0.4) is 0 Å². The molecule has 88 valence electrons. The third-order valence-corrected chi connectivity index (χ3v) is 2.73. The third kappa shape index (κ3) is 2.17. The van der Waals surface area contributed by atoms with E-state index in [9.17, 15) is 9.18 Å². The molecule has 3 N–H and O–H groups in total. The second-order valence-corrected chi connectivity index (χ2v) is 4.15. The Morgan fingerprint density at radius 1 is 1.41 bits per heavy atom. The molecule has 0 aliphatic carbocycles. The number of nitrogens with two attached hydrogens (primary N) is 1. The average Bonchev–Trinajstić information content (AvgIpc) is 2.64. The van der Waals surface area contributed by atoms with Gasteiger partial charge in [0.1, 0.15) is 5.82 Å². The van der Waals surface area contributed by atoms with Gasteiger partial charge in [-0.2, -0.15) is 0 Å². The second kappa shape index (κ2) is 4.22. The van der Waals surface area contributed by atoms with Crippen molar-refractivity contribution in [3.8, 4) is 11.3 Å². The van der Waals surface area contributed by atoms with Crippen LogP contribution in [0.5, 0.6) is 0 Å². The standard InChI is InChI=1S/C12H10ClFN2O/c1-6-8(12(15)17)5-11(16-6)9-4-7(13)2-3-10(9)14/h2-5,16H,1H3,(H2,15,17). The smallest absolute Gasteiger partial charge is 0.250 e. The third-order valence-electron chi connectivity index (χ3n) is 2.50. The van der Waals surface area contributed by atoms with E-state index in [1.807, 2.05) is 0 Å². The van der Waals surface area contributed by atoms with Crippen LogP contribution >= 0.6 is 11.6 Å². The van der Waals surface area contributed by atoms with Crippen molar-refractivity contribution in [2.75, 3.05) is 0 Å². The molecule has 1 aromatic heterocycles. The number of halogens is 2. The predicted octanol–water partition coefficient (Wildman–Crippen LogP) is 2.88. The van der Waals surface area contributed by atoms with Crippen LogP contribution in [0.2, 0.25) is 5.02 Å². The zero-order valence-corrected chi connectivity index (χ0v) is 9.81. The summed E-state index contributed by atoms with van der Waals surface area (Å²) in [5.74, 6) is -0.959. The Morgan fingerprint density at radius 2 is 2.12 bits per heavy atom. The summed E-state index contributed by atoms with van der Waals surface area (Å²) in [4.78, 5) is 14.0. The quantitative estimate of drug-likeness (QED) is 0.848. The van der Waals surface area contributed by atoms with Crippen molar-refractivity contribution < 1.29 is 9.18 Å².